The number of carbonyl (C=O) groups is 1. The highest BCUT2D eigenvalue weighted by Gasteiger charge is 2.37. The lowest BCUT2D eigenvalue weighted by Gasteiger charge is -2.41. The fourth-order valence-electron chi connectivity index (χ4n) is 4.19. The van der Waals surface area contributed by atoms with E-state index < -0.39 is 28.2 Å². The number of benzene rings is 1. The highest BCUT2D eigenvalue weighted by molar-refractivity contribution is 7.88. The second-order valence-corrected chi connectivity index (χ2v) is 9.65. The Morgan fingerprint density at radius 1 is 1.17 bits per heavy atom. The first-order valence-corrected chi connectivity index (χ1v) is 12.1. The Morgan fingerprint density at radius 3 is 2.43 bits per heavy atom. The summed E-state index contributed by atoms with van der Waals surface area (Å²) in [6.07, 6.45) is 3.58. The van der Waals surface area contributed by atoms with Gasteiger partial charge in [0.2, 0.25) is 10.0 Å². The molecule has 0 spiro atoms. The largest absolute Gasteiger partial charge is 0.453 e. The van der Waals surface area contributed by atoms with Gasteiger partial charge in [-0.05, 0) is 49.9 Å². The number of sulfonamides is 1. The molecule has 0 unspecified atom stereocenters. The lowest BCUT2D eigenvalue weighted by molar-refractivity contribution is -0.0180. The van der Waals surface area contributed by atoms with Crippen LogP contribution in [0.15, 0.2) is 24.3 Å². The minimum atomic E-state index is -3.41. The third kappa shape index (κ3) is 6.05. The van der Waals surface area contributed by atoms with Crippen LogP contribution in [-0.4, -0.2) is 77.2 Å². The topological polar surface area (TPSA) is 88.2 Å². The molecule has 30 heavy (non-hydrogen) atoms. The maximum atomic E-state index is 13.1. The van der Waals surface area contributed by atoms with Crippen LogP contribution in [0.3, 0.4) is 0 Å². The van der Waals surface area contributed by atoms with E-state index in [1.165, 1.54) is 19.2 Å². The van der Waals surface area contributed by atoms with Gasteiger partial charge in [0.15, 0.2) is 0 Å². The first kappa shape index (κ1) is 22.8. The van der Waals surface area contributed by atoms with E-state index in [9.17, 15) is 17.6 Å². The number of methoxy groups -OCH3 is 1. The van der Waals surface area contributed by atoms with E-state index in [0.717, 1.165) is 37.9 Å². The lowest BCUT2D eigenvalue weighted by Crippen LogP contribution is -2.59. The molecule has 168 valence electrons. The molecule has 2 aliphatic rings. The first-order chi connectivity index (χ1) is 14.3. The highest BCUT2D eigenvalue weighted by Crippen LogP contribution is 2.24. The molecule has 0 aromatic heterocycles. The van der Waals surface area contributed by atoms with Gasteiger partial charge in [-0.1, -0.05) is 0 Å². The molecule has 2 heterocycles. The molecule has 3 rings (SSSR count). The number of anilines is 1. The summed E-state index contributed by atoms with van der Waals surface area (Å²) >= 11 is 0. The number of likely N-dealkylation sites (tertiary alicyclic amines) is 1. The van der Waals surface area contributed by atoms with Gasteiger partial charge in [-0.3, -0.25) is 0 Å². The van der Waals surface area contributed by atoms with E-state index in [1.54, 1.807) is 17.0 Å². The van der Waals surface area contributed by atoms with Crippen LogP contribution in [0.25, 0.3) is 0 Å². The molecule has 2 saturated heterocycles. The van der Waals surface area contributed by atoms with Crippen molar-refractivity contribution in [3.8, 4) is 0 Å². The molecule has 1 aromatic rings. The Kier molecular flexibility index (Phi) is 7.54. The van der Waals surface area contributed by atoms with Gasteiger partial charge in [-0.15, -0.1) is 0 Å². The van der Waals surface area contributed by atoms with Crippen LogP contribution in [0.5, 0.6) is 0 Å². The number of ether oxygens (including phenoxy) is 2. The summed E-state index contributed by atoms with van der Waals surface area (Å²) in [7, 11) is -2.10. The van der Waals surface area contributed by atoms with Crippen LogP contribution in [0.2, 0.25) is 0 Å². The average molecular weight is 444 g/mol. The smallest absolute Gasteiger partial charge is 0.409 e. The van der Waals surface area contributed by atoms with Crippen LogP contribution in [0.4, 0.5) is 14.9 Å². The molecular weight excluding hydrogens is 413 g/mol. The van der Waals surface area contributed by atoms with Crippen molar-refractivity contribution in [2.24, 2.45) is 0 Å². The number of carbonyl (C=O) groups excluding carboxylic acids is 1. The molecule has 10 heteroatoms. The number of nitrogens with one attached hydrogen (secondary N) is 1. The lowest BCUT2D eigenvalue weighted by atomic mass is 9.97. The SMILES string of the molecule is COC(=O)N1CCC[C@H](NS(C)(=O)=O)[C@@H]1COC1CCN(c2ccc(F)cc2)CC1. The van der Waals surface area contributed by atoms with E-state index in [0.29, 0.717) is 19.4 Å². The zero-order chi connectivity index (χ0) is 21.7. The zero-order valence-corrected chi connectivity index (χ0v) is 18.2. The number of rotatable bonds is 6. The molecule has 2 fully saturated rings. The second kappa shape index (κ2) is 9.93. The predicted molar refractivity (Wildman–Crippen MR) is 111 cm³/mol. The van der Waals surface area contributed by atoms with Gasteiger partial charge in [0, 0.05) is 31.4 Å². The van der Waals surface area contributed by atoms with E-state index in [1.807, 2.05) is 0 Å². The third-order valence-corrected chi connectivity index (χ3v) is 6.42. The molecule has 1 amide bonds. The number of piperidine rings is 2. The van der Waals surface area contributed by atoms with Crippen LogP contribution in [0, 0.1) is 5.82 Å². The van der Waals surface area contributed by atoms with E-state index >= 15 is 0 Å². The van der Waals surface area contributed by atoms with E-state index in [2.05, 4.69) is 9.62 Å². The Morgan fingerprint density at radius 2 is 1.83 bits per heavy atom. The van der Waals surface area contributed by atoms with Crippen molar-refractivity contribution in [3.05, 3.63) is 30.1 Å². The fourth-order valence-corrected chi connectivity index (χ4v) is 5.01. The fraction of sp³-hybridized carbons (Fsp3) is 0.650. The van der Waals surface area contributed by atoms with Gasteiger partial charge in [-0.2, -0.15) is 0 Å². The summed E-state index contributed by atoms with van der Waals surface area (Å²) in [5, 5.41) is 0. The number of amides is 1. The summed E-state index contributed by atoms with van der Waals surface area (Å²) in [4.78, 5) is 15.9. The van der Waals surface area contributed by atoms with Gasteiger partial charge in [0.1, 0.15) is 5.82 Å². The first-order valence-electron chi connectivity index (χ1n) is 10.2. The van der Waals surface area contributed by atoms with Crippen molar-refractivity contribution < 1.29 is 27.1 Å². The van der Waals surface area contributed by atoms with Crippen LogP contribution in [-0.2, 0) is 19.5 Å². The molecule has 1 aromatic carbocycles. The quantitative estimate of drug-likeness (QED) is 0.723. The summed E-state index contributed by atoms with van der Waals surface area (Å²) in [6.45, 7) is 2.31. The number of nitrogens with zero attached hydrogens (tertiary/aromatic N) is 2. The highest BCUT2D eigenvalue weighted by atomic mass is 32.2. The molecule has 0 aliphatic carbocycles. The minimum Gasteiger partial charge on any atom is -0.453 e. The summed E-state index contributed by atoms with van der Waals surface area (Å²) in [5.74, 6) is -0.253. The van der Waals surface area contributed by atoms with Crippen molar-refractivity contribution in [1.82, 2.24) is 9.62 Å². The maximum Gasteiger partial charge on any atom is 0.409 e. The van der Waals surface area contributed by atoms with Crippen LogP contribution in [0.1, 0.15) is 25.7 Å². The number of halogens is 1. The van der Waals surface area contributed by atoms with Gasteiger partial charge < -0.3 is 19.3 Å². The molecule has 0 radical (unpaired) electrons. The second-order valence-electron chi connectivity index (χ2n) is 7.87. The number of hydrogen-bond donors (Lipinski definition) is 1. The monoisotopic (exact) mass is 443 g/mol. The average Bonchev–Trinajstić information content (AvgIpc) is 2.72. The molecule has 0 saturated carbocycles. The normalized spacial score (nSPS) is 23.4. The molecule has 2 atom stereocenters. The molecule has 0 bridgehead atoms. The third-order valence-electron chi connectivity index (χ3n) is 5.69. The summed E-state index contributed by atoms with van der Waals surface area (Å²) in [5.41, 5.74) is 0.983. The summed E-state index contributed by atoms with van der Waals surface area (Å²) in [6, 6.07) is 5.63. The Hall–Kier alpha value is -1.91. The summed E-state index contributed by atoms with van der Waals surface area (Å²) < 4.78 is 50.3. The standard InChI is InChI=1S/C20H30FN3O5S/c1-28-20(25)24-11-3-4-18(22-30(2,26)27)19(24)14-29-17-9-12-23(13-10-17)16-7-5-15(21)6-8-16/h5-8,17-19,22H,3-4,9-14H2,1-2H3/t18-,19-/m0/s1. The van der Waals surface area contributed by atoms with Crippen molar-refractivity contribution in [2.45, 2.75) is 43.9 Å². The van der Waals surface area contributed by atoms with E-state index in [-0.39, 0.29) is 18.5 Å². The Bertz CT molecular complexity index is 812. The van der Waals surface area contributed by atoms with E-state index in [4.69, 9.17) is 9.47 Å². The Labute approximate surface area is 177 Å². The molecule has 2 aliphatic heterocycles. The van der Waals surface area contributed by atoms with Gasteiger partial charge in [0.25, 0.3) is 0 Å². The molecule has 1 N–H and O–H groups in total. The van der Waals surface area contributed by atoms with Crippen molar-refractivity contribution in [1.29, 1.82) is 0 Å². The van der Waals surface area contributed by atoms with Gasteiger partial charge in [0.05, 0.1) is 32.1 Å². The van der Waals surface area contributed by atoms with Crippen molar-refractivity contribution >= 4 is 21.8 Å². The predicted octanol–water partition coefficient (Wildman–Crippen LogP) is 1.96. The zero-order valence-electron chi connectivity index (χ0n) is 17.4. The van der Waals surface area contributed by atoms with Gasteiger partial charge in [-0.25, -0.2) is 22.3 Å². The molecule has 8 nitrogen and oxygen atoms in total. The maximum absolute atomic E-state index is 13.1. The minimum absolute atomic E-state index is 0.0157. The molecular formula is C20H30FN3O5S. The van der Waals surface area contributed by atoms with Crippen LogP contribution >= 0.6 is 0 Å². The van der Waals surface area contributed by atoms with Crippen molar-refractivity contribution in [2.75, 3.05) is 44.5 Å². The van der Waals surface area contributed by atoms with Gasteiger partial charge >= 0.3 is 6.09 Å². The van der Waals surface area contributed by atoms with Crippen molar-refractivity contribution in [3.63, 3.8) is 0 Å². The van der Waals surface area contributed by atoms with Crippen LogP contribution < -0.4 is 9.62 Å². The number of hydrogen-bond acceptors (Lipinski definition) is 6. The Balaban J connectivity index is 1.58.